The lowest BCUT2D eigenvalue weighted by atomic mass is 9.94. The Morgan fingerprint density at radius 1 is 1.39 bits per heavy atom. The van der Waals surface area contributed by atoms with Crippen LogP contribution in [0.5, 0.6) is 11.6 Å². The number of fused-ring (bicyclic) bond motifs is 1. The minimum Gasteiger partial charge on any atom is -0.497 e. The van der Waals surface area contributed by atoms with E-state index in [9.17, 15) is 9.90 Å². The van der Waals surface area contributed by atoms with Crippen molar-refractivity contribution in [2.75, 3.05) is 26.8 Å². The summed E-state index contributed by atoms with van der Waals surface area (Å²) in [4.78, 5) is 20.6. The van der Waals surface area contributed by atoms with E-state index in [2.05, 4.69) is 15.0 Å². The van der Waals surface area contributed by atoms with Crippen LogP contribution in [0.1, 0.15) is 49.0 Å². The van der Waals surface area contributed by atoms with E-state index in [1.807, 2.05) is 38.1 Å². The molecule has 0 amide bonds. The highest BCUT2D eigenvalue weighted by Gasteiger charge is 2.35. The number of carbonyl (C=O) groups excluding carboxylic acids is 1. The second-order valence-electron chi connectivity index (χ2n) is 7.63. The predicted molar refractivity (Wildman–Crippen MR) is 118 cm³/mol. The molecule has 2 aromatic heterocycles. The van der Waals surface area contributed by atoms with Crippen molar-refractivity contribution in [3.8, 4) is 11.6 Å². The Labute approximate surface area is 185 Å². The molecule has 3 heterocycles. The average molecular weight is 445 g/mol. The number of hydrogen-bond acceptors (Lipinski definition) is 8. The number of hydrogen-bond donors (Lipinski definition) is 1. The molecule has 1 aliphatic heterocycles. The van der Waals surface area contributed by atoms with Crippen LogP contribution in [0.25, 0.3) is 4.96 Å². The van der Waals surface area contributed by atoms with E-state index >= 15 is 0 Å². The first-order chi connectivity index (χ1) is 15.0. The number of aromatic hydroxyl groups is 1. The highest BCUT2D eigenvalue weighted by molar-refractivity contribution is 7.17. The summed E-state index contributed by atoms with van der Waals surface area (Å²) in [6.07, 6.45) is 2.39. The molecule has 0 radical (unpaired) electrons. The SMILES string of the molecule is CCOC(=O)[C@H]1CCCN([C@@H](c2cccc(OC)c2)c2sc3nc(CC)nn3c2O)C1. The number of rotatable bonds is 7. The van der Waals surface area contributed by atoms with Gasteiger partial charge in [-0.3, -0.25) is 9.69 Å². The largest absolute Gasteiger partial charge is 0.497 e. The maximum Gasteiger partial charge on any atom is 0.310 e. The number of thiazole rings is 1. The number of aromatic nitrogens is 3. The van der Waals surface area contributed by atoms with Gasteiger partial charge in [0, 0.05) is 13.0 Å². The van der Waals surface area contributed by atoms with Crippen molar-refractivity contribution in [2.24, 2.45) is 5.92 Å². The van der Waals surface area contributed by atoms with Crippen LogP contribution in [0.4, 0.5) is 0 Å². The van der Waals surface area contributed by atoms with Crippen molar-refractivity contribution in [1.29, 1.82) is 0 Å². The molecule has 2 atom stereocenters. The first kappa shape index (κ1) is 21.6. The fourth-order valence-electron chi connectivity index (χ4n) is 4.15. The molecule has 166 valence electrons. The minimum atomic E-state index is -0.245. The molecule has 0 bridgehead atoms. The number of piperidine rings is 1. The third-order valence-corrected chi connectivity index (χ3v) is 6.73. The number of aryl methyl sites for hydroxylation is 1. The Bertz CT molecular complexity index is 1060. The van der Waals surface area contributed by atoms with Crippen molar-refractivity contribution in [2.45, 2.75) is 39.2 Å². The fraction of sp³-hybridized carbons (Fsp3) is 0.500. The molecular formula is C22H28N4O4S. The van der Waals surface area contributed by atoms with E-state index in [-0.39, 0.29) is 23.8 Å². The van der Waals surface area contributed by atoms with Gasteiger partial charge in [0.1, 0.15) is 5.75 Å². The van der Waals surface area contributed by atoms with Crippen LogP contribution in [-0.4, -0.2) is 57.4 Å². The van der Waals surface area contributed by atoms with E-state index in [1.54, 1.807) is 7.11 Å². The lowest BCUT2D eigenvalue weighted by Gasteiger charge is -2.37. The molecule has 1 saturated heterocycles. The van der Waals surface area contributed by atoms with Crippen LogP contribution in [0.2, 0.25) is 0 Å². The molecule has 31 heavy (non-hydrogen) atoms. The first-order valence-corrected chi connectivity index (χ1v) is 11.5. The van der Waals surface area contributed by atoms with Crippen molar-refractivity contribution >= 4 is 22.3 Å². The summed E-state index contributed by atoms with van der Waals surface area (Å²) >= 11 is 1.43. The second kappa shape index (κ2) is 9.23. The minimum absolute atomic E-state index is 0.0956. The van der Waals surface area contributed by atoms with Gasteiger partial charge in [0.2, 0.25) is 10.8 Å². The summed E-state index contributed by atoms with van der Waals surface area (Å²) in [6.45, 7) is 5.57. The standard InChI is InChI=1S/C22H28N4O4S/c1-4-17-23-22-26(24-17)20(27)19(31-22)18(14-8-6-10-16(12-14)29-3)25-11-7-9-15(13-25)21(28)30-5-2/h6,8,10,12,15,18,27H,4-5,7,9,11,13H2,1-3H3/t15-,18-/m0/s1. The lowest BCUT2D eigenvalue weighted by molar-refractivity contribution is -0.150. The van der Waals surface area contributed by atoms with Gasteiger partial charge in [-0.05, 0) is 44.0 Å². The third kappa shape index (κ3) is 4.24. The molecule has 9 heteroatoms. The Balaban J connectivity index is 1.76. The second-order valence-corrected chi connectivity index (χ2v) is 8.64. The van der Waals surface area contributed by atoms with Gasteiger partial charge >= 0.3 is 5.97 Å². The van der Waals surface area contributed by atoms with E-state index in [1.165, 1.54) is 15.9 Å². The van der Waals surface area contributed by atoms with Crippen molar-refractivity contribution in [1.82, 2.24) is 19.5 Å². The number of esters is 1. The summed E-state index contributed by atoms with van der Waals surface area (Å²) in [5.41, 5.74) is 0.986. The Morgan fingerprint density at radius 2 is 2.23 bits per heavy atom. The number of likely N-dealkylation sites (tertiary alicyclic amines) is 1. The summed E-state index contributed by atoms with van der Waals surface area (Å²) in [5, 5.41) is 15.5. The van der Waals surface area contributed by atoms with E-state index < -0.39 is 0 Å². The van der Waals surface area contributed by atoms with Gasteiger partial charge in [-0.1, -0.05) is 30.4 Å². The van der Waals surface area contributed by atoms with Gasteiger partial charge < -0.3 is 14.6 Å². The molecule has 1 N–H and O–H groups in total. The van der Waals surface area contributed by atoms with Crippen LogP contribution in [-0.2, 0) is 16.0 Å². The summed E-state index contributed by atoms with van der Waals surface area (Å²) < 4.78 is 12.2. The van der Waals surface area contributed by atoms with Crippen LogP contribution in [0.15, 0.2) is 24.3 Å². The van der Waals surface area contributed by atoms with E-state index in [4.69, 9.17) is 9.47 Å². The van der Waals surface area contributed by atoms with Crippen molar-refractivity contribution in [3.63, 3.8) is 0 Å². The zero-order valence-corrected chi connectivity index (χ0v) is 18.9. The normalized spacial score (nSPS) is 18.2. The Hall–Kier alpha value is -2.65. The molecule has 0 aliphatic carbocycles. The molecule has 3 aromatic rings. The number of benzene rings is 1. The van der Waals surface area contributed by atoms with Gasteiger partial charge in [-0.15, -0.1) is 5.10 Å². The van der Waals surface area contributed by atoms with Gasteiger partial charge in [0.25, 0.3) is 0 Å². The summed E-state index contributed by atoms with van der Waals surface area (Å²) in [5.74, 6) is 1.20. The Morgan fingerprint density at radius 3 is 2.94 bits per heavy atom. The zero-order chi connectivity index (χ0) is 22.0. The van der Waals surface area contributed by atoms with E-state index in [0.717, 1.165) is 35.6 Å². The molecule has 1 aliphatic rings. The monoisotopic (exact) mass is 444 g/mol. The van der Waals surface area contributed by atoms with Crippen LogP contribution >= 0.6 is 11.3 Å². The maximum absolute atomic E-state index is 12.4. The van der Waals surface area contributed by atoms with Gasteiger partial charge in [-0.25, -0.2) is 4.98 Å². The van der Waals surface area contributed by atoms with E-state index in [0.29, 0.717) is 30.4 Å². The average Bonchev–Trinajstić information content (AvgIpc) is 3.33. The number of nitrogens with zero attached hydrogens (tertiary/aromatic N) is 4. The predicted octanol–water partition coefficient (Wildman–Crippen LogP) is 3.43. The maximum atomic E-state index is 12.4. The van der Waals surface area contributed by atoms with Crippen LogP contribution in [0.3, 0.4) is 0 Å². The summed E-state index contributed by atoms with van der Waals surface area (Å²) in [6, 6.07) is 7.59. The quantitative estimate of drug-likeness (QED) is 0.559. The molecule has 1 aromatic carbocycles. The zero-order valence-electron chi connectivity index (χ0n) is 18.1. The third-order valence-electron chi connectivity index (χ3n) is 5.66. The molecule has 0 unspecified atom stereocenters. The fourth-order valence-corrected chi connectivity index (χ4v) is 5.29. The molecule has 1 fully saturated rings. The van der Waals surface area contributed by atoms with Crippen LogP contribution in [0, 0.1) is 5.92 Å². The number of ether oxygens (including phenoxy) is 2. The molecule has 0 spiro atoms. The molecule has 4 rings (SSSR count). The van der Waals surface area contributed by atoms with Gasteiger partial charge in [0.05, 0.1) is 30.6 Å². The number of carbonyl (C=O) groups is 1. The highest BCUT2D eigenvalue weighted by atomic mass is 32.1. The lowest BCUT2D eigenvalue weighted by Crippen LogP contribution is -2.41. The van der Waals surface area contributed by atoms with Crippen LogP contribution < -0.4 is 4.74 Å². The summed E-state index contributed by atoms with van der Waals surface area (Å²) in [7, 11) is 1.64. The Kier molecular flexibility index (Phi) is 6.43. The van der Waals surface area contributed by atoms with Crippen molar-refractivity contribution < 1.29 is 19.4 Å². The first-order valence-electron chi connectivity index (χ1n) is 10.7. The molecule has 0 saturated carbocycles. The van der Waals surface area contributed by atoms with Gasteiger partial charge in [-0.2, -0.15) is 4.52 Å². The smallest absolute Gasteiger partial charge is 0.310 e. The molecule has 8 nitrogen and oxygen atoms in total. The topological polar surface area (TPSA) is 89.2 Å². The number of methoxy groups -OCH3 is 1. The van der Waals surface area contributed by atoms with Crippen molar-refractivity contribution in [3.05, 3.63) is 40.5 Å². The molecular weight excluding hydrogens is 416 g/mol. The van der Waals surface area contributed by atoms with Gasteiger partial charge in [0.15, 0.2) is 5.82 Å². The highest BCUT2D eigenvalue weighted by Crippen LogP contribution is 2.42.